The molecule has 0 spiro atoms. The molecule has 0 bridgehead atoms. The van der Waals surface area contributed by atoms with Crippen LogP contribution in [-0.4, -0.2) is 12.3 Å². The second kappa shape index (κ2) is 4.29. The maximum Gasteiger partial charge on any atom is 0.445 e. The third kappa shape index (κ3) is 2.63. The molecule has 1 aromatic carbocycles. The Morgan fingerprint density at radius 1 is 1.25 bits per heavy atom. The van der Waals surface area contributed by atoms with Gasteiger partial charge in [-0.25, -0.2) is 0 Å². The predicted molar refractivity (Wildman–Crippen MR) is 55.2 cm³/mol. The number of alkyl halides is 3. The van der Waals surface area contributed by atoms with Gasteiger partial charge in [0.15, 0.2) is 11.5 Å². The van der Waals surface area contributed by atoms with Crippen molar-refractivity contribution in [1.82, 2.24) is 0 Å². The normalized spacial score (nSPS) is 14.7. The summed E-state index contributed by atoms with van der Waals surface area (Å²) in [6, 6.07) is 5.07. The highest BCUT2D eigenvalue weighted by Crippen LogP contribution is 2.37. The van der Waals surface area contributed by atoms with Gasteiger partial charge in [0, 0.05) is 5.56 Å². The zero-order chi connectivity index (χ0) is 11.6. The summed E-state index contributed by atoms with van der Waals surface area (Å²) in [6.45, 7) is 0.104. The van der Waals surface area contributed by atoms with Gasteiger partial charge < -0.3 is 9.47 Å². The number of hydrogen-bond acceptors (Lipinski definition) is 3. The van der Waals surface area contributed by atoms with Crippen LogP contribution in [-0.2, 0) is 0 Å². The Kier molecular flexibility index (Phi) is 3.00. The van der Waals surface area contributed by atoms with Crippen molar-refractivity contribution < 1.29 is 22.6 Å². The van der Waals surface area contributed by atoms with Crippen LogP contribution in [0, 0.1) is 0 Å². The van der Waals surface area contributed by atoms with E-state index in [0.717, 1.165) is 5.41 Å². The number of rotatable bonds is 2. The average molecular weight is 248 g/mol. The summed E-state index contributed by atoms with van der Waals surface area (Å²) < 4.78 is 45.9. The lowest BCUT2D eigenvalue weighted by molar-refractivity contribution is -0.0319. The van der Waals surface area contributed by atoms with E-state index in [-0.39, 0.29) is 18.6 Å². The van der Waals surface area contributed by atoms with Crippen molar-refractivity contribution in [2.45, 2.75) is 5.51 Å². The Morgan fingerprint density at radius 3 is 2.81 bits per heavy atom. The Morgan fingerprint density at radius 2 is 2.06 bits per heavy atom. The first-order chi connectivity index (χ1) is 7.56. The van der Waals surface area contributed by atoms with E-state index in [2.05, 4.69) is 0 Å². The summed E-state index contributed by atoms with van der Waals surface area (Å²) in [6.07, 6.45) is 1.35. The topological polar surface area (TPSA) is 18.5 Å². The molecular formula is C10H7F3O2S. The largest absolute Gasteiger partial charge is 0.454 e. The minimum atomic E-state index is -4.26. The van der Waals surface area contributed by atoms with Crippen LogP contribution in [0.1, 0.15) is 5.56 Å². The van der Waals surface area contributed by atoms with Crippen molar-refractivity contribution in [2.75, 3.05) is 6.79 Å². The van der Waals surface area contributed by atoms with Crippen molar-refractivity contribution in [3.8, 4) is 11.5 Å². The van der Waals surface area contributed by atoms with Gasteiger partial charge in [-0.3, -0.25) is 0 Å². The Hall–Kier alpha value is -1.30. The Bertz CT molecular complexity index is 415. The highest BCUT2D eigenvalue weighted by atomic mass is 32.2. The molecule has 1 aliphatic rings. The third-order valence-corrected chi connectivity index (χ3v) is 2.42. The van der Waals surface area contributed by atoms with Crippen LogP contribution in [0.3, 0.4) is 0 Å². The van der Waals surface area contributed by atoms with Gasteiger partial charge in [0.2, 0.25) is 6.79 Å². The molecule has 0 atom stereocenters. The molecule has 0 aromatic heterocycles. The molecular weight excluding hydrogens is 241 g/mol. The second-order valence-corrected chi connectivity index (χ2v) is 3.92. The number of halogens is 3. The van der Waals surface area contributed by atoms with E-state index in [0.29, 0.717) is 17.1 Å². The zero-order valence-electron chi connectivity index (χ0n) is 7.95. The van der Waals surface area contributed by atoms with E-state index in [1.54, 1.807) is 18.2 Å². The SMILES string of the molecule is FC(F)(F)S/C=C\c1cccc2c1OCO2. The summed E-state index contributed by atoms with van der Waals surface area (Å²) >= 11 is -0.203. The smallest absolute Gasteiger partial charge is 0.445 e. The summed E-state index contributed by atoms with van der Waals surface area (Å²) in [4.78, 5) is 0. The standard InChI is InChI=1S/C10H7F3O2S/c11-10(12,13)16-5-4-7-2-1-3-8-9(7)15-6-14-8/h1-5H,6H2/b5-4-. The molecule has 0 amide bonds. The van der Waals surface area contributed by atoms with Crippen molar-refractivity contribution in [2.24, 2.45) is 0 Å². The number of benzene rings is 1. The molecule has 1 aromatic rings. The first-order valence-corrected chi connectivity index (χ1v) is 5.24. The summed E-state index contributed by atoms with van der Waals surface area (Å²) in [5.74, 6) is 1.04. The van der Waals surface area contributed by atoms with Crippen LogP contribution in [0.4, 0.5) is 13.2 Å². The van der Waals surface area contributed by atoms with E-state index < -0.39 is 5.51 Å². The second-order valence-electron chi connectivity index (χ2n) is 2.95. The van der Waals surface area contributed by atoms with Gasteiger partial charge in [-0.05, 0) is 29.3 Å². The fourth-order valence-corrected chi connectivity index (χ4v) is 1.64. The summed E-state index contributed by atoms with van der Waals surface area (Å²) in [7, 11) is 0. The van der Waals surface area contributed by atoms with Gasteiger partial charge >= 0.3 is 5.51 Å². The molecule has 0 fully saturated rings. The average Bonchev–Trinajstić information content (AvgIpc) is 2.64. The molecule has 2 rings (SSSR count). The molecule has 86 valence electrons. The molecule has 1 heterocycles. The molecule has 0 unspecified atom stereocenters. The molecule has 0 aliphatic carbocycles. The molecule has 0 radical (unpaired) electrons. The molecule has 6 heteroatoms. The number of para-hydroxylation sites is 1. The minimum Gasteiger partial charge on any atom is -0.454 e. The van der Waals surface area contributed by atoms with E-state index >= 15 is 0 Å². The summed E-state index contributed by atoms with van der Waals surface area (Å²) in [5.41, 5.74) is -3.68. The van der Waals surface area contributed by atoms with Gasteiger partial charge in [0.05, 0.1) is 0 Å². The quantitative estimate of drug-likeness (QED) is 0.796. The van der Waals surface area contributed by atoms with Gasteiger partial charge in [-0.2, -0.15) is 13.2 Å². The minimum absolute atomic E-state index is 0.104. The van der Waals surface area contributed by atoms with Crippen LogP contribution in [0.25, 0.3) is 6.08 Å². The molecule has 0 saturated carbocycles. The molecule has 0 N–H and O–H groups in total. The Balaban J connectivity index is 2.13. The first-order valence-electron chi connectivity index (χ1n) is 4.36. The van der Waals surface area contributed by atoms with Crippen LogP contribution in [0.2, 0.25) is 0 Å². The lowest BCUT2D eigenvalue weighted by atomic mass is 10.2. The highest BCUT2D eigenvalue weighted by molar-refractivity contribution is 8.03. The maximum atomic E-state index is 11.9. The van der Waals surface area contributed by atoms with Crippen LogP contribution in [0.15, 0.2) is 23.6 Å². The fraction of sp³-hybridized carbons (Fsp3) is 0.200. The lowest BCUT2D eigenvalue weighted by Crippen LogP contribution is -1.96. The van der Waals surface area contributed by atoms with Crippen molar-refractivity contribution in [1.29, 1.82) is 0 Å². The molecule has 16 heavy (non-hydrogen) atoms. The van der Waals surface area contributed by atoms with Gasteiger partial charge in [-0.1, -0.05) is 12.1 Å². The van der Waals surface area contributed by atoms with E-state index in [1.807, 2.05) is 0 Å². The number of ether oxygens (including phenoxy) is 2. The number of fused-ring (bicyclic) bond motifs is 1. The monoisotopic (exact) mass is 248 g/mol. The lowest BCUT2D eigenvalue weighted by Gasteiger charge is -2.01. The van der Waals surface area contributed by atoms with E-state index in [4.69, 9.17) is 9.47 Å². The van der Waals surface area contributed by atoms with Gasteiger partial charge in [-0.15, -0.1) is 0 Å². The van der Waals surface area contributed by atoms with Gasteiger partial charge in [0.25, 0.3) is 0 Å². The van der Waals surface area contributed by atoms with Crippen LogP contribution < -0.4 is 9.47 Å². The zero-order valence-corrected chi connectivity index (χ0v) is 8.77. The third-order valence-electron chi connectivity index (χ3n) is 1.88. The molecule has 1 aliphatic heterocycles. The molecule has 2 nitrogen and oxygen atoms in total. The van der Waals surface area contributed by atoms with Crippen molar-refractivity contribution >= 4 is 17.8 Å². The van der Waals surface area contributed by atoms with E-state index in [9.17, 15) is 13.2 Å². The maximum absolute atomic E-state index is 11.9. The fourth-order valence-electron chi connectivity index (χ4n) is 1.27. The highest BCUT2D eigenvalue weighted by Gasteiger charge is 2.26. The Labute approximate surface area is 94.0 Å². The van der Waals surface area contributed by atoms with Crippen LogP contribution in [0.5, 0.6) is 11.5 Å². The predicted octanol–water partition coefficient (Wildman–Crippen LogP) is 3.64. The van der Waals surface area contributed by atoms with Crippen molar-refractivity contribution in [3.63, 3.8) is 0 Å². The van der Waals surface area contributed by atoms with Gasteiger partial charge in [0.1, 0.15) is 0 Å². The number of hydrogen-bond donors (Lipinski definition) is 0. The van der Waals surface area contributed by atoms with Crippen molar-refractivity contribution in [3.05, 3.63) is 29.2 Å². The van der Waals surface area contributed by atoms with E-state index in [1.165, 1.54) is 6.08 Å². The van der Waals surface area contributed by atoms with Crippen LogP contribution >= 0.6 is 11.8 Å². The molecule has 0 saturated heterocycles. The number of thioether (sulfide) groups is 1. The first kappa shape index (κ1) is 11.2. The summed E-state index contributed by atoms with van der Waals surface area (Å²) in [5, 5.41) is 0.983.